The van der Waals surface area contributed by atoms with Crippen molar-refractivity contribution in [2.75, 3.05) is 20.0 Å². The van der Waals surface area contributed by atoms with Gasteiger partial charge in [-0.15, -0.1) is 0 Å². The number of hydrogen-bond acceptors (Lipinski definition) is 8. The summed E-state index contributed by atoms with van der Waals surface area (Å²) >= 11 is 0. The molecular formula is C10H19N3O8. The second-order valence-electron chi connectivity index (χ2n) is 5.28. The van der Waals surface area contributed by atoms with Gasteiger partial charge in [-0.05, 0) is 6.42 Å². The molecule has 0 radical (unpaired) electrons. The van der Waals surface area contributed by atoms with Gasteiger partial charge in [-0.3, -0.25) is 30.3 Å². The van der Waals surface area contributed by atoms with Crippen molar-refractivity contribution in [3.63, 3.8) is 0 Å². The Labute approximate surface area is 120 Å². The van der Waals surface area contributed by atoms with E-state index in [9.17, 15) is 30.3 Å². The number of hydrogen-bond donors (Lipinski definition) is 0. The zero-order valence-corrected chi connectivity index (χ0v) is 12.1. The Hall–Kier alpha value is -1.88. The van der Waals surface area contributed by atoms with Crippen molar-refractivity contribution < 1.29 is 24.2 Å². The first-order chi connectivity index (χ1) is 9.54. The predicted octanol–water partition coefficient (Wildman–Crippen LogP) is 1.08. The number of nitrogens with zero attached hydrogens (tertiary/aromatic N) is 3. The SMILES string of the molecule is CC(C)(CCCOCOCC(C)([N+](=O)[O-])[N+](=O)[O-])[N+](=O)[O-]. The van der Waals surface area contributed by atoms with E-state index < -0.39 is 27.7 Å². The first-order valence-corrected chi connectivity index (χ1v) is 6.13. The third-order valence-corrected chi connectivity index (χ3v) is 2.90. The van der Waals surface area contributed by atoms with E-state index in [-0.39, 0.29) is 18.3 Å². The highest BCUT2D eigenvalue weighted by Crippen LogP contribution is 2.15. The number of ether oxygens (including phenoxy) is 2. The van der Waals surface area contributed by atoms with Gasteiger partial charge in [0.15, 0.2) is 6.61 Å². The van der Waals surface area contributed by atoms with E-state index in [4.69, 9.17) is 9.47 Å². The number of rotatable bonds is 11. The molecule has 21 heavy (non-hydrogen) atoms. The van der Waals surface area contributed by atoms with Crippen molar-refractivity contribution in [2.24, 2.45) is 0 Å². The van der Waals surface area contributed by atoms with Gasteiger partial charge < -0.3 is 9.47 Å². The summed E-state index contributed by atoms with van der Waals surface area (Å²) in [6.07, 6.45) is 0.695. The minimum atomic E-state index is -2.42. The van der Waals surface area contributed by atoms with Crippen molar-refractivity contribution >= 4 is 0 Å². The summed E-state index contributed by atoms with van der Waals surface area (Å²) in [5.74, 6) is 0. The van der Waals surface area contributed by atoms with Crippen LogP contribution in [0.2, 0.25) is 0 Å². The Balaban J connectivity index is 3.90. The summed E-state index contributed by atoms with van der Waals surface area (Å²) < 4.78 is 9.74. The highest BCUT2D eigenvalue weighted by atomic mass is 16.7. The molecule has 0 aliphatic rings. The maximum atomic E-state index is 10.6. The van der Waals surface area contributed by atoms with Crippen LogP contribution in [0.25, 0.3) is 0 Å². The van der Waals surface area contributed by atoms with Crippen molar-refractivity contribution in [3.05, 3.63) is 30.3 Å². The first-order valence-electron chi connectivity index (χ1n) is 6.13. The lowest BCUT2D eigenvalue weighted by Crippen LogP contribution is -2.47. The molecule has 0 atom stereocenters. The Bertz CT molecular complexity index is 384. The molecule has 0 N–H and O–H groups in total. The Morgan fingerprint density at radius 3 is 1.86 bits per heavy atom. The molecule has 0 heterocycles. The normalized spacial score (nSPS) is 12.1. The summed E-state index contributed by atoms with van der Waals surface area (Å²) in [5.41, 5.74) is -3.48. The summed E-state index contributed by atoms with van der Waals surface area (Å²) in [6.45, 7) is 2.90. The van der Waals surface area contributed by atoms with Gasteiger partial charge in [0.05, 0.1) is 6.92 Å². The fourth-order valence-electron chi connectivity index (χ4n) is 1.22. The van der Waals surface area contributed by atoms with Crippen LogP contribution in [0.1, 0.15) is 33.6 Å². The van der Waals surface area contributed by atoms with Crippen LogP contribution < -0.4 is 0 Å². The fourth-order valence-corrected chi connectivity index (χ4v) is 1.22. The molecule has 0 bridgehead atoms. The maximum absolute atomic E-state index is 10.6. The van der Waals surface area contributed by atoms with Crippen molar-refractivity contribution in [1.82, 2.24) is 0 Å². The molecule has 122 valence electrons. The van der Waals surface area contributed by atoms with Crippen LogP contribution in [0.5, 0.6) is 0 Å². The predicted molar refractivity (Wildman–Crippen MR) is 69.5 cm³/mol. The van der Waals surface area contributed by atoms with E-state index in [1.54, 1.807) is 0 Å². The van der Waals surface area contributed by atoms with Crippen LogP contribution in [0.15, 0.2) is 0 Å². The van der Waals surface area contributed by atoms with Crippen LogP contribution in [-0.2, 0) is 9.47 Å². The second kappa shape index (κ2) is 7.78. The molecule has 0 aromatic rings. The lowest BCUT2D eigenvalue weighted by Gasteiger charge is -2.15. The molecular weight excluding hydrogens is 290 g/mol. The van der Waals surface area contributed by atoms with Crippen molar-refractivity contribution in [2.45, 2.75) is 44.8 Å². The van der Waals surface area contributed by atoms with Gasteiger partial charge in [-0.2, -0.15) is 0 Å². The average molecular weight is 309 g/mol. The lowest BCUT2D eigenvalue weighted by atomic mass is 10.0. The van der Waals surface area contributed by atoms with Crippen LogP contribution in [-0.4, -0.2) is 46.0 Å². The summed E-state index contributed by atoms with van der Waals surface area (Å²) in [5, 5.41) is 31.8. The molecule has 0 saturated heterocycles. The van der Waals surface area contributed by atoms with Crippen molar-refractivity contribution in [1.29, 1.82) is 0 Å². The average Bonchev–Trinajstić information content (AvgIpc) is 2.36. The van der Waals surface area contributed by atoms with Crippen LogP contribution in [0.3, 0.4) is 0 Å². The molecule has 0 saturated carbocycles. The third kappa shape index (κ3) is 5.95. The zero-order chi connectivity index (χ0) is 16.7. The topological polar surface area (TPSA) is 148 Å². The maximum Gasteiger partial charge on any atom is 0.478 e. The Morgan fingerprint density at radius 2 is 1.43 bits per heavy atom. The van der Waals surface area contributed by atoms with E-state index >= 15 is 0 Å². The number of nitro groups is 3. The molecule has 0 rings (SSSR count). The minimum Gasteiger partial charge on any atom is -0.355 e. The smallest absolute Gasteiger partial charge is 0.355 e. The van der Waals surface area contributed by atoms with Crippen LogP contribution in [0.4, 0.5) is 0 Å². The summed E-state index contributed by atoms with van der Waals surface area (Å²) in [4.78, 5) is 29.3. The Kier molecular flexibility index (Phi) is 7.09. The van der Waals surface area contributed by atoms with Crippen molar-refractivity contribution in [3.8, 4) is 0 Å². The fraction of sp³-hybridized carbons (Fsp3) is 1.00. The first kappa shape index (κ1) is 19.1. The quantitative estimate of drug-likeness (QED) is 0.238. The highest BCUT2D eigenvalue weighted by molar-refractivity contribution is 4.66. The monoisotopic (exact) mass is 309 g/mol. The van der Waals surface area contributed by atoms with E-state index in [1.807, 2.05) is 0 Å². The molecule has 0 amide bonds. The zero-order valence-electron chi connectivity index (χ0n) is 12.1. The lowest BCUT2D eigenvalue weighted by molar-refractivity contribution is -0.794. The van der Waals surface area contributed by atoms with E-state index in [0.717, 1.165) is 6.92 Å². The summed E-state index contributed by atoms with van der Waals surface area (Å²) in [7, 11) is 0. The molecule has 0 aliphatic heterocycles. The molecule has 0 unspecified atom stereocenters. The molecule has 0 spiro atoms. The van der Waals surface area contributed by atoms with Gasteiger partial charge in [0.2, 0.25) is 5.54 Å². The van der Waals surface area contributed by atoms with E-state index in [1.165, 1.54) is 13.8 Å². The molecule has 0 aromatic heterocycles. The van der Waals surface area contributed by atoms with Gasteiger partial charge in [-0.1, -0.05) is 0 Å². The molecule has 11 nitrogen and oxygen atoms in total. The Morgan fingerprint density at radius 1 is 0.905 bits per heavy atom. The van der Waals surface area contributed by atoms with Crippen LogP contribution >= 0.6 is 0 Å². The molecule has 0 fully saturated rings. The molecule has 0 aliphatic carbocycles. The van der Waals surface area contributed by atoms with Gasteiger partial charge in [0.25, 0.3) is 0 Å². The van der Waals surface area contributed by atoms with Gasteiger partial charge >= 0.3 is 5.66 Å². The van der Waals surface area contributed by atoms with Gasteiger partial charge in [-0.25, -0.2) is 0 Å². The van der Waals surface area contributed by atoms with E-state index in [0.29, 0.717) is 12.8 Å². The highest BCUT2D eigenvalue weighted by Gasteiger charge is 2.51. The largest absolute Gasteiger partial charge is 0.478 e. The van der Waals surface area contributed by atoms with E-state index in [2.05, 4.69) is 0 Å². The third-order valence-electron chi connectivity index (χ3n) is 2.90. The molecule has 0 aromatic carbocycles. The minimum absolute atomic E-state index is 0.158. The van der Waals surface area contributed by atoms with Gasteiger partial charge in [0.1, 0.15) is 16.6 Å². The van der Waals surface area contributed by atoms with Crippen LogP contribution in [0, 0.1) is 30.3 Å². The van der Waals surface area contributed by atoms with Gasteiger partial charge in [0, 0.05) is 31.8 Å². The standard InChI is InChI=1S/C10H19N3O8/c1-9(2,11(14)15)5-4-6-20-8-21-7-10(3,12(16)17)13(18)19/h4-8H2,1-3H3. The molecule has 11 heteroatoms. The summed E-state index contributed by atoms with van der Waals surface area (Å²) in [6, 6.07) is 0. The second-order valence-corrected chi connectivity index (χ2v) is 5.28.